The highest BCUT2D eigenvalue weighted by molar-refractivity contribution is 5.97. The summed E-state index contributed by atoms with van der Waals surface area (Å²) < 4.78 is 11.0. The first-order chi connectivity index (χ1) is 13.0. The third kappa shape index (κ3) is 4.26. The molecule has 0 saturated heterocycles. The van der Waals surface area contributed by atoms with Crippen LogP contribution < -0.4 is 14.8 Å². The number of benzene rings is 3. The molecule has 27 heavy (non-hydrogen) atoms. The van der Waals surface area contributed by atoms with E-state index in [1.807, 2.05) is 42.5 Å². The highest BCUT2D eigenvalue weighted by atomic mass is 16.5. The SMILES string of the molecule is COc1cc(C(C)=O)ccc1O[C@H](C)C(=O)Nc1ccc2ccccc2c1. The van der Waals surface area contributed by atoms with Gasteiger partial charge >= 0.3 is 0 Å². The zero-order valence-electron chi connectivity index (χ0n) is 15.5. The molecular weight excluding hydrogens is 342 g/mol. The van der Waals surface area contributed by atoms with Crippen molar-refractivity contribution in [2.75, 3.05) is 12.4 Å². The van der Waals surface area contributed by atoms with Gasteiger partial charge in [0.25, 0.3) is 5.91 Å². The van der Waals surface area contributed by atoms with Gasteiger partial charge in [0, 0.05) is 11.3 Å². The Morgan fingerprint density at radius 1 is 0.926 bits per heavy atom. The van der Waals surface area contributed by atoms with Gasteiger partial charge in [-0.15, -0.1) is 0 Å². The number of carbonyl (C=O) groups excluding carboxylic acids is 2. The number of amides is 1. The molecule has 1 N–H and O–H groups in total. The Bertz CT molecular complexity index is 997. The summed E-state index contributed by atoms with van der Waals surface area (Å²) in [6.45, 7) is 3.14. The molecule has 0 aliphatic heterocycles. The summed E-state index contributed by atoms with van der Waals surface area (Å²) >= 11 is 0. The lowest BCUT2D eigenvalue weighted by molar-refractivity contribution is -0.122. The molecule has 0 saturated carbocycles. The highest BCUT2D eigenvalue weighted by Gasteiger charge is 2.18. The van der Waals surface area contributed by atoms with E-state index in [0.717, 1.165) is 10.8 Å². The highest BCUT2D eigenvalue weighted by Crippen LogP contribution is 2.29. The number of anilines is 1. The summed E-state index contributed by atoms with van der Waals surface area (Å²) in [5, 5.41) is 5.02. The van der Waals surface area contributed by atoms with Crippen molar-refractivity contribution in [3.63, 3.8) is 0 Å². The van der Waals surface area contributed by atoms with Gasteiger partial charge in [0.15, 0.2) is 23.4 Å². The maximum atomic E-state index is 12.5. The number of fused-ring (bicyclic) bond motifs is 1. The smallest absolute Gasteiger partial charge is 0.265 e. The Hall–Kier alpha value is -3.34. The number of ketones is 1. The van der Waals surface area contributed by atoms with Gasteiger partial charge in [0.05, 0.1) is 7.11 Å². The average Bonchev–Trinajstić information content (AvgIpc) is 2.67. The zero-order valence-corrected chi connectivity index (χ0v) is 15.5. The number of rotatable bonds is 6. The fraction of sp³-hybridized carbons (Fsp3) is 0.182. The molecule has 0 fully saturated rings. The Morgan fingerprint density at radius 2 is 1.67 bits per heavy atom. The number of hydrogen-bond donors (Lipinski definition) is 1. The third-order valence-electron chi connectivity index (χ3n) is 4.26. The number of methoxy groups -OCH3 is 1. The summed E-state index contributed by atoms with van der Waals surface area (Å²) in [4.78, 5) is 24.0. The quantitative estimate of drug-likeness (QED) is 0.657. The van der Waals surface area contributed by atoms with Crippen LogP contribution in [-0.2, 0) is 4.79 Å². The molecule has 0 aliphatic rings. The minimum absolute atomic E-state index is 0.0676. The largest absolute Gasteiger partial charge is 0.493 e. The van der Waals surface area contributed by atoms with Crippen molar-refractivity contribution < 1.29 is 19.1 Å². The monoisotopic (exact) mass is 363 g/mol. The van der Waals surface area contributed by atoms with Crippen molar-refractivity contribution in [1.82, 2.24) is 0 Å². The van der Waals surface area contributed by atoms with Crippen molar-refractivity contribution >= 4 is 28.2 Å². The number of nitrogens with one attached hydrogen (secondary N) is 1. The normalized spacial score (nSPS) is 11.7. The Kier molecular flexibility index (Phi) is 5.41. The van der Waals surface area contributed by atoms with Crippen LogP contribution >= 0.6 is 0 Å². The molecule has 0 aliphatic carbocycles. The predicted octanol–water partition coefficient (Wildman–Crippen LogP) is 4.46. The topological polar surface area (TPSA) is 64.6 Å². The molecule has 3 aromatic rings. The molecule has 3 aromatic carbocycles. The summed E-state index contributed by atoms with van der Waals surface area (Å²) in [5.74, 6) is 0.474. The minimum atomic E-state index is -0.742. The van der Waals surface area contributed by atoms with Gasteiger partial charge in [0.1, 0.15) is 0 Å². The molecule has 1 atom stereocenters. The van der Waals surface area contributed by atoms with Gasteiger partial charge in [-0.2, -0.15) is 0 Å². The first-order valence-corrected chi connectivity index (χ1v) is 8.63. The van der Waals surface area contributed by atoms with Gasteiger partial charge in [-0.05, 0) is 55.0 Å². The Balaban J connectivity index is 1.72. The van der Waals surface area contributed by atoms with Gasteiger partial charge < -0.3 is 14.8 Å². The lowest BCUT2D eigenvalue weighted by Crippen LogP contribution is -2.30. The fourth-order valence-electron chi connectivity index (χ4n) is 2.74. The molecule has 0 spiro atoms. The van der Waals surface area contributed by atoms with Crippen molar-refractivity contribution in [1.29, 1.82) is 0 Å². The van der Waals surface area contributed by atoms with Crippen LogP contribution in [0.4, 0.5) is 5.69 Å². The summed E-state index contributed by atoms with van der Waals surface area (Å²) in [6, 6.07) is 18.6. The first-order valence-electron chi connectivity index (χ1n) is 8.63. The number of carbonyl (C=O) groups is 2. The van der Waals surface area contributed by atoms with Crippen LogP contribution in [0.25, 0.3) is 10.8 Å². The van der Waals surface area contributed by atoms with E-state index in [0.29, 0.717) is 22.7 Å². The van der Waals surface area contributed by atoms with Gasteiger partial charge in [-0.25, -0.2) is 0 Å². The van der Waals surface area contributed by atoms with Crippen LogP contribution in [0.3, 0.4) is 0 Å². The number of hydrogen-bond acceptors (Lipinski definition) is 4. The van der Waals surface area contributed by atoms with E-state index < -0.39 is 6.10 Å². The molecule has 5 heteroatoms. The standard InChI is InChI=1S/C22H21NO4/c1-14(24)17-9-11-20(21(13-17)26-3)27-15(2)22(25)23-19-10-8-16-6-4-5-7-18(16)12-19/h4-13,15H,1-3H3,(H,23,25)/t15-/m1/s1. The summed E-state index contributed by atoms with van der Waals surface area (Å²) in [6.07, 6.45) is -0.742. The zero-order chi connectivity index (χ0) is 19.4. The minimum Gasteiger partial charge on any atom is -0.493 e. The molecule has 0 radical (unpaired) electrons. The molecule has 0 heterocycles. The van der Waals surface area contributed by atoms with E-state index in [4.69, 9.17) is 9.47 Å². The van der Waals surface area contributed by atoms with Crippen LogP contribution in [-0.4, -0.2) is 24.9 Å². The number of ether oxygens (including phenoxy) is 2. The second kappa shape index (κ2) is 7.91. The van der Waals surface area contributed by atoms with E-state index in [1.165, 1.54) is 14.0 Å². The van der Waals surface area contributed by atoms with Crippen LogP contribution in [0.2, 0.25) is 0 Å². The number of Topliss-reactive ketones (excluding diaryl/α,β-unsaturated/α-hetero) is 1. The van der Waals surface area contributed by atoms with Gasteiger partial charge in [-0.1, -0.05) is 30.3 Å². The van der Waals surface area contributed by atoms with Crippen molar-refractivity contribution in [2.24, 2.45) is 0 Å². The average molecular weight is 363 g/mol. The second-order valence-corrected chi connectivity index (χ2v) is 6.23. The molecule has 138 valence electrons. The summed E-state index contributed by atoms with van der Waals surface area (Å²) in [5.41, 5.74) is 1.22. The fourth-order valence-corrected chi connectivity index (χ4v) is 2.74. The van der Waals surface area contributed by atoms with E-state index in [2.05, 4.69) is 5.32 Å². The van der Waals surface area contributed by atoms with E-state index in [1.54, 1.807) is 25.1 Å². The first kappa shape index (κ1) is 18.5. The molecule has 1 amide bonds. The lowest BCUT2D eigenvalue weighted by Gasteiger charge is -2.17. The van der Waals surface area contributed by atoms with Crippen LogP contribution in [0, 0.1) is 0 Å². The van der Waals surface area contributed by atoms with Gasteiger partial charge in [0.2, 0.25) is 0 Å². The van der Waals surface area contributed by atoms with E-state index >= 15 is 0 Å². The van der Waals surface area contributed by atoms with Crippen molar-refractivity contribution in [3.05, 3.63) is 66.2 Å². The van der Waals surface area contributed by atoms with Crippen LogP contribution in [0.1, 0.15) is 24.2 Å². The predicted molar refractivity (Wildman–Crippen MR) is 106 cm³/mol. The Labute approximate surface area is 157 Å². The lowest BCUT2D eigenvalue weighted by atomic mass is 10.1. The van der Waals surface area contributed by atoms with Crippen molar-refractivity contribution in [3.8, 4) is 11.5 Å². The van der Waals surface area contributed by atoms with Crippen LogP contribution in [0.5, 0.6) is 11.5 Å². The van der Waals surface area contributed by atoms with E-state index in [-0.39, 0.29) is 11.7 Å². The molecule has 0 unspecified atom stereocenters. The summed E-state index contributed by atoms with van der Waals surface area (Å²) in [7, 11) is 1.49. The molecule has 0 bridgehead atoms. The molecule has 5 nitrogen and oxygen atoms in total. The second-order valence-electron chi connectivity index (χ2n) is 6.23. The van der Waals surface area contributed by atoms with E-state index in [9.17, 15) is 9.59 Å². The maximum Gasteiger partial charge on any atom is 0.265 e. The Morgan fingerprint density at radius 3 is 2.37 bits per heavy atom. The van der Waals surface area contributed by atoms with Crippen LogP contribution in [0.15, 0.2) is 60.7 Å². The molecular formula is C22H21NO4. The van der Waals surface area contributed by atoms with Crippen molar-refractivity contribution in [2.45, 2.75) is 20.0 Å². The molecule has 0 aromatic heterocycles. The molecule has 3 rings (SSSR count). The third-order valence-corrected chi connectivity index (χ3v) is 4.26. The maximum absolute atomic E-state index is 12.5. The van der Waals surface area contributed by atoms with Gasteiger partial charge in [-0.3, -0.25) is 9.59 Å².